The third-order valence-corrected chi connectivity index (χ3v) is 6.40. The van der Waals surface area contributed by atoms with Gasteiger partial charge in [0.05, 0.1) is 34.4 Å². The lowest BCUT2D eigenvalue weighted by Crippen LogP contribution is -2.24. The number of ether oxygens (including phenoxy) is 1. The molecular weight excluding hydrogens is 468 g/mol. The summed E-state index contributed by atoms with van der Waals surface area (Å²) in [5.41, 5.74) is -2.71. The number of carbonyl (C=O) groups excluding carboxylic acids is 1. The largest absolute Gasteiger partial charge is 0.483 e. The predicted molar refractivity (Wildman–Crippen MR) is 99.8 cm³/mol. The number of hydrogen-bond donors (Lipinski definition) is 1. The monoisotopic (exact) mass is 485 g/mol. The topological polar surface area (TPSA) is 90.3 Å². The molecule has 1 aliphatic rings. The lowest BCUT2D eigenvalue weighted by molar-refractivity contribution is -0.144. The summed E-state index contributed by atoms with van der Waals surface area (Å²) in [5.74, 6) is -1.93. The normalized spacial score (nSPS) is 18.5. The van der Waals surface area contributed by atoms with E-state index in [-0.39, 0.29) is 29.8 Å². The van der Waals surface area contributed by atoms with Crippen LogP contribution in [0.4, 0.5) is 32.2 Å². The molecule has 2 aromatic rings. The number of rotatable bonds is 5. The lowest BCUT2D eigenvalue weighted by atomic mass is 10.1. The number of benzene rings is 1. The van der Waals surface area contributed by atoms with Gasteiger partial charge in [-0.15, -0.1) is 0 Å². The fourth-order valence-corrected chi connectivity index (χ4v) is 4.92. The maximum Gasteiger partial charge on any atom is 0.419 e. The van der Waals surface area contributed by atoms with E-state index >= 15 is 0 Å². The molecule has 1 amide bonds. The van der Waals surface area contributed by atoms with E-state index in [4.69, 9.17) is 4.74 Å². The molecule has 3 rings (SSSR count). The second-order valence-electron chi connectivity index (χ2n) is 7.22. The highest BCUT2D eigenvalue weighted by atomic mass is 32.2. The van der Waals surface area contributed by atoms with E-state index < -0.39 is 57.6 Å². The first kappa shape index (κ1) is 23.9. The Labute approximate surface area is 178 Å². The summed E-state index contributed by atoms with van der Waals surface area (Å²) in [6.45, 7) is 0.672. The molecule has 32 heavy (non-hydrogen) atoms. The molecule has 1 aliphatic heterocycles. The van der Waals surface area contributed by atoms with E-state index in [2.05, 4.69) is 10.4 Å². The smallest absolute Gasteiger partial charge is 0.419 e. The van der Waals surface area contributed by atoms with Gasteiger partial charge in [0, 0.05) is 6.07 Å². The zero-order valence-electron chi connectivity index (χ0n) is 16.4. The quantitative estimate of drug-likeness (QED) is 0.654. The van der Waals surface area contributed by atoms with E-state index in [0.717, 1.165) is 0 Å². The van der Waals surface area contributed by atoms with Gasteiger partial charge in [-0.25, -0.2) is 13.1 Å². The summed E-state index contributed by atoms with van der Waals surface area (Å²) in [5, 5.41) is 6.53. The van der Waals surface area contributed by atoms with Crippen LogP contribution < -0.4 is 10.1 Å². The molecule has 0 radical (unpaired) electrons. The first-order valence-corrected chi connectivity index (χ1v) is 11.0. The molecule has 0 saturated carbocycles. The van der Waals surface area contributed by atoms with Crippen LogP contribution in [0.25, 0.3) is 0 Å². The van der Waals surface area contributed by atoms with Crippen molar-refractivity contribution >= 4 is 21.6 Å². The van der Waals surface area contributed by atoms with Crippen molar-refractivity contribution in [1.29, 1.82) is 0 Å². The first-order chi connectivity index (χ1) is 14.7. The number of nitrogens with one attached hydrogen (secondary N) is 1. The molecule has 1 unspecified atom stereocenters. The van der Waals surface area contributed by atoms with Crippen LogP contribution in [-0.4, -0.2) is 42.2 Å². The summed E-state index contributed by atoms with van der Waals surface area (Å²) in [7, 11) is -3.24. The van der Waals surface area contributed by atoms with E-state index in [1.165, 1.54) is 10.7 Å². The van der Waals surface area contributed by atoms with Crippen LogP contribution in [0.1, 0.15) is 29.3 Å². The minimum Gasteiger partial charge on any atom is -0.483 e. The maximum absolute atomic E-state index is 13.2. The molecule has 176 valence electrons. The molecule has 1 fully saturated rings. The number of nitrogens with zero attached hydrogens (tertiary/aromatic N) is 2. The SMILES string of the molecule is Cc1cc(NC(=O)COc2ccc(C(F)(F)F)cc2C(F)(F)F)n(C2CCS(=O)(=O)C2)n1. The number of sulfone groups is 1. The van der Waals surface area contributed by atoms with Gasteiger partial charge in [-0.2, -0.15) is 31.4 Å². The van der Waals surface area contributed by atoms with Gasteiger partial charge in [0.1, 0.15) is 11.6 Å². The molecule has 7 nitrogen and oxygen atoms in total. The highest BCUT2D eigenvalue weighted by Crippen LogP contribution is 2.40. The summed E-state index contributed by atoms with van der Waals surface area (Å²) >= 11 is 0. The van der Waals surface area contributed by atoms with Crippen molar-refractivity contribution < 1.29 is 44.3 Å². The highest BCUT2D eigenvalue weighted by molar-refractivity contribution is 7.91. The zero-order chi connectivity index (χ0) is 23.9. The Hall–Kier alpha value is -2.77. The number of aryl methyl sites for hydroxylation is 1. The molecule has 1 N–H and O–H groups in total. The second-order valence-corrected chi connectivity index (χ2v) is 9.44. The molecule has 1 atom stereocenters. The molecule has 2 heterocycles. The Balaban J connectivity index is 1.74. The Bertz CT molecular complexity index is 1120. The predicted octanol–water partition coefficient (Wildman–Crippen LogP) is 3.61. The van der Waals surface area contributed by atoms with Gasteiger partial charge in [-0.05, 0) is 31.5 Å². The van der Waals surface area contributed by atoms with Crippen LogP contribution in [0.15, 0.2) is 24.3 Å². The van der Waals surface area contributed by atoms with Crippen LogP contribution in [0.3, 0.4) is 0 Å². The average Bonchev–Trinajstić information content (AvgIpc) is 3.19. The third kappa shape index (κ3) is 5.53. The van der Waals surface area contributed by atoms with Crippen molar-refractivity contribution in [2.75, 3.05) is 23.4 Å². The molecular formula is C18H17F6N3O4S. The zero-order valence-corrected chi connectivity index (χ0v) is 17.2. The number of alkyl halides is 6. The van der Waals surface area contributed by atoms with Crippen LogP contribution in [0, 0.1) is 6.92 Å². The third-order valence-electron chi connectivity index (χ3n) is 4.65. The Kier molecular flexibility index (Phi) is 6.19. The van der Waals surface area contributed by atoms with E-state index in [9.17, 15) is 39.6 Å². The number of anilines is 1. The fourth-order valence-electron chi connectivity index (χ4n) is 3.23. The molecule has 1 aromatic carbocycles. The minimum absolute atomic E-state index is 0.0405. The molecule has 1 saturated heterocycles. The number of carbonyl (C=O) groups is 1. The number of hydrogen-bond acceptors (Lipinski definition) is 5. The van der Waals surface area contributed by atoms with Crippen LogP contribution in [0.5, 0.6) is 5.75 Å². The highest BCUT2D eigenvalue weighted by Gasteiger charge is 2.39. The summed E-state index contributed by atoms with van der Waals surface area (Å²) in [4.78, 5) is 12.2. The average molecular weight is 485 g/mol. The second kappa shape index (κ2) is 8.30. The standard InChI is InChI=1S/C18H17F6N3O4S/c1-10-6-15(27(26-10)12-4-5-32(29,30)9-12)25-16(28)8-31-14-3-2-11(17(19,20)21)7-13(14)18(22,23)24/h2-3,6-7,12H,4-5,8-9H2,1H3,(H,25,28). The number of halogens is 6. The first-order valence-electron chi connectivity index (χ1n) is 9.13. The van der Waals surface area contributed by atoms with Crippen LogP contribution >= 0.6 is 0 Å². The minimum atomic E-state index is -5.14. The van der Waals surface area contributed by atoms with Crippen molar-refractivity contribution in [3.63, 3.8) is 0 Å². The van der Waals surface area contributed by atoms with E-state index in [0.29, 0.717) is 17.8 Å². The number of amides is 1. The van der Waals surface area contributed by atoms with E-state index in [1.54, 1.807) is 6.92 Å². The maximum atomic E-state index is 13.2. The summed E-state index contributed by atoms with van der Waals surface area (Å²) in [6, 6.07) is 1.75. The lowest BCUT2D eigenvalue weighted by Gasteiger charge is -2.17. The Morgan fingerprint density at radius 1 is 1.19 bits per heavy atom. The molecule has 0 aliphatic carbocycles. The summed E-state index contributed by atoms with van der Waals surface area (Å²) in [6.07, 6.45) is -9.85. The van der Waals surface area contributed by atoms with Gasteiger partial charge in [-0.1, -0.05) is 0 Å². The number of aromatic nitrogens is 2. The molecule has 0 spiro atoms. The van der Waals surface area contributed by atoms with Gasteiger partial charge < -0.3 is 10.1 Å². The van der Waals surface area contributed by atoms with Crippen molar-refractivity contribution in [1.82, 2.24) is 9.78 Å². The molecule has 0 bridgehead atoms. The van der Waals surface area contributed by atoms with Crippen molar-refractivity contribution in [3.05, 3.63) is 41.1 Å². The van der Waals surface area contributed by atoms with Gasteiger partial charge in [-0.3, -0.25) is 4.79 Å². The molecule has 14 heteroatoms. The summed E-state index contributed by atoms with van der Waals surface area (Å²) < 4.78 is 107. The van der Waals surface area contributed by atoms with Crippen LogP contribution in [0.2, 0.25) is 0 Å². The Morgan fingerprint density at radius 3 is 2.44 bits per heavy atom. The van der Waals surface area contributed by atoms with Crippen molar-refractivity contribution in [2.45, 2.75) is 31.7 Å². The van der Waals surface area contributed by atoms with Crippen molar-refractivity contribution in [2.24, 2.45) is 0 Å². The van der Waals surface area contributed by atoms with Crippen molar-refractivity contribution in [3.8, 4) is 5.75 Å². The van der Waals surface area contributed by atoms with Crippen LogP contribution in [-0.2, 0) is 27.0 Å². The van der Waals surface area contributed by atoms with Gasteiger partial charge in [0.15, 0.2) is 16.4 Å². The Morgan fingerprint density at radius 2 is 1.88 bits per heavy atom. The fraction of sp³-hybridized carbons (Fsp3) is 0.444. The molecule has 1 aromatic heterocycles. The van der Waals surface area contributed by atoms with Gasteiger partial charge in [0.25, 0.3) is 5.91 Å². The van der Waals surface area contributed by atoms with Gasteiger partial charge in [0.2, 0.25) is 0 Å². The van der Waals surface area contributed by atoms with E-state index in [1.807, 2.05) is 0 Å². The van der Waals surface area contributed by atoms with Gasteiger partial charge >= 0.3 is 12.4 Å².